The van der Waals surface area contributed by atoms with E-state index < -0.39 is 23.7 Å². The van der Waals surface area contributed by atoms with E-state index in [-0.39, 0.29) is 12.2 Å². The monoisotopic (exact) mass is 441 g/mol. The van der Waals surface area contributed by atoms with Gasteiger partial charge in [-0.15, -0.1) is 0 Å². The normalized spacial score (nSPS) is 13.8. The van der Waals surface area contributed by atoms with Crippen molar-refractivity contribution in [1.82, 2.24) is 5.32 Å². The zero-order valence-electron chi connectivity index (χ0n) is 19.8. The minimum absolute atomic E-state index is 0.133. The second-order valence-corrected chi connectivity index (χ2v) is 8.13. The molecule has 3 unspecified atom stereocenters. The molecule has 0 saturated heterocycles. The summed E-state index contributed by atoms with van der Waals surface area (Å²) in [6.45, 7) is 11.7. The van der Waals surface area contributed by atoms with E-state index in [2.05, 4.69) is 5.32 Å². The summed E-state index contributed by atoms with van der Waals surface area (Å²) >= 11 is 0. The molecule has 0 aliphatic heterocycles. The fourth-order valence-corrected chi connectivity index (χ4v) is 2.34. The van der Waals surface area contributed by atoms with Crippen molar-refractivity contribution >= 4 is 12.1 Å². The van der Waals surface area contributed by atoms with Crippen LogP contribution in [0.15, 0.2) is 30.3 Å². The number of carbonyl (C=O) groups is 2. The molecule has 8 nitrogen and oxygen atoms in total. The van der Waals surface area contributed by atoms with Gasteiger partial charge in [0.1, 0.15) is 23.5 Å². The second kappa shape index (κ2) is 15.5. The van der Waals surface area contributed by atoms with Gasteiger partial charge in [-0.2, -0.15) is 0 Å². The molecular formula is C23H39NO7. The fraction of sp³-hybridized carbons (Fsp3) is 0.652. The highest BCUT2D eigenvalue weighted by Gasteiger charge is 2.24. The SMILES string of the molecule is CCCOC(COC)CC(C)OC(=O)C(C)NC(=O)OC(C)(C)C.Oc1ccccc1. The summed E-state index contributed by atoms with van der Waals surface area (Å²) < 4.78 is 21.2. The number of phenolic OH excluding ortho intramolecular Hbond substituents is 1. The van der Waals surface area contributed by atoms with Crippen LogP contribution in [-0.4, -0.2) is 61.3 Å². The van der Waals surface area contributed by atoms with Gasteiger partial charge < -0.3 is 29.4 Å². The molecule has 0 saturated carbocycles. The van der Waals surface area contributed by atoms with Crippen molar-refractivity contribution in [3.8, 4) is 5.75 Å². The van der Waals surface area contributed by atoms with Crippen LogP contribution in [0.3, 0.4) is 0 Å². The van der Waals surface area contributed by atoms with Gasteiger partial charge in [0.2, 0.25) is 0 Å². The maximum absolute atomic E-state index is 12.0. The molecule has 178 valence electrons. The van der Waals surface area contributed by atoms with Gasteiger partial charge in [0.15, 0.2) is 0 Å². The number of hydrogen-bond donors (Lipinski definition) is 2. The Hall–Kier alpha value is -2.32. The van der Waals surface area contributed by atoms with Crippen LogP contribution in [0, 0.1) is 0 Å². The van der Waals surface area contributed by atoms with Crippen LogP contribution in [-0.2, 0) is 23.7 Å². The van der Waals surface area contributed by atoms with Gasteiger partial charge in [0.05, 0.1) is 12.7 Å². The molecule has 2 N–H and O–H groups in total. The van der Waals surface area contributed by atoms with Gasteiger partial charge in [0.25, 0.3) is 0 Å². The molecule has 31 heavy (non-hydrogen) atoms. The predicted molar refractivity (Wildman–Crippen MR) is 119 cm³/mol. The van der Waals surface area contributed by atoms with Gasteiger partial charge in [-0.05, 0) is 53.2 Å². The first-order chi connectivity index (χ1) is 14.5. The number of para-hydroxylation sites is 1. The summed E-state index contributed by atoms with van der Waals surface area (Å²) in [6.07, 6.45) is 0.302. The highest BCUT2D eigenvalue weighted by atomic mass is 16.6. The number of esters is 1. The van der Waals surface area contributed by atoms with Gasteiger partial charge in [-0.1, -0.05) is 25.1 Å². The van der Waals surface area contributed by atoms with Crippen molar-refractivity contribution in [3.63, 3.8) is 0 Å². The number of methoxy groups -OCH3 is 1. The van der Waals surface area contributed by atoms with Gasteiger partial charge >= 0.3 is 12.1 Å². The van der Waals surface area contributed by atoms with Crippen LogP contribution >= 0.6 is 0 Å². The molecule has 0 aromatic heterocycles. The van der Waals surface area contributed by atoms with Crippen molar-refractivity contribution in [2.24, 2.45) is 0 Å². The maximum atomic E-state index is 12.0. The van der Waals surface area contributed by atoms with Crippen LogP contribution in [0.1, 0.15) is 54.4 Å². The van der Waals surface area contributed by atoms with Crippen molar-refractivity contribution in [3.05, 3.63) is 30.3 Å². The number of carbonyl (C=O) groups excluding carboxylic acids is 2. The summed E-state index contributed by atoms with van der Waals surface area (Å²) in [7, 11) is 1.60. The lowest BCUT2D eigenvalue weighted by molar-refractivity contribution is -0.152. The number of amides is 1. The van der Waals surface area contributed by atoms with Gasteiger partial charge in [-0.3, -0.25) is 0 Å². The number of rotatable bonds is 10. The Balaban J connectivity index is 0.00000107. The summed E-state index contributed by atoms with van der Waals surface area (Å²) in [5.74, 6) is -0.192. The molecule has 1 aromatic rings. The average molecular weight is 442 g/mol. The topological polar surface area (TPSA) is 103 Å². The molecule has 0 radical (unpaired) electrons. The number of hydrogen-bond acceptors (Lipinski definition) is 7. The highest BCUT2D eigenvalue weighted by Crippen LogP contribution is 2.10. The molecule has 0 spiro atoms. The molecule has 1 aromatic carbocycles. The molecule has 3 atom stereocenters. The van der Waals surface area contributed by atoms with E-state index in [0.717, 1.165) is 6.42 Å². The zero-order valence-corrected chi connectivity index (χ0v) is 19.8. The lowest BCUT2D eigenvalue weighted by Gasteiger charge is -2.24. The van der Waals surface area contributed by atoms with Crippen LogP contribution in [0.2, 0.25) is 0 Å². The maximum Gasteiger partial charge on any atom is 0.408 e. The molecule has 1 rings (SSSR count). The Morgan fingerprint density at radius 1 is 1.13 bits per heavy atom. The number of nitrogens with one attached hydrogen (secondary N) is 1. The van der Waals surface area contributed by atoms with E-state index in [1.165, 1.54) is 0 Å². The standard InChI is InChI=1S/C17H33NO6.C6H6O/c1-8-9-22-14(11-21-7)10-12(2)23-15(19)13(3)18-16(20)24-17(4,5)6;7-6-4-2-1-3-5-6/h12-14H,8-11H2,1-7H3,(H,18,20);1-5,7H. The Morgan fingerprint density at radius 2 is 1.74 bits per heavy atom. The molecule has 1 amide bonds. The van der Waals surface area contributed by atoms with E-state index in [1.807, 2.05) is 13.0 Å². The van der Waals surface area contributed by atoms with Gasteiger partial charge in [-0.25, -0.2) is 9.59 Å². The summed E-state index contributed by atoms with van der Waals surface area (Å²) in [6, 6.07) is 7.92. The summed E-state index contributed by atoms with van der Waals surface area (Å²) in [5, 5.41) is 11.1. The quantitative estimate of drug-likeness (QED) is 0.528. The van der Waals surface area contributed by atoms with Gasteiger partial charge in [0, 0.05) is 20.1 Å². The number of alkyl carbamates (subject to hydrolysis) is 1. The van der Waals surface area contributed by atoms with Crippen molar-refractivity contribution in [2.45, 2.75) is 78.2 Å². The van der Waals surface area contributed by atoms with Crippen molar-refractivity contribution in [1.29, 1.82) is 0 Å². The Bertz CT molecular complexity index is 616. The Labute approximate surface area is 186 Å². The van der Waals surface area contributed by atoms with Crippen molar-refractivity contribution in [2.75, 3.05) is 20.3 Å². The van der Waals surface area contributed by atoms with Crippen LogP contribution in [0.5, 0.6) is 5.75 Å². The third kappa shape index (κ3) is 16.1. The minimum atomic E-state index is -0.792. The second-order valence-electron chi connectivity index (χ2n) is 8.13. The number of phenols is 1. The lowest BCUT2D eigenvalue weighted by atomic mass is 10.2. The molecule has 8 heteroatoms. The van der Waals surface area contributed by atoms with E-state index in [9.17, 15) is 9.59 Å². The van der Waals surface area contributed by atoms with E-state index in [4.69, 9.17) is 24.1 Å². The first-order valence-electron chi connectivity index (χ1n) is 10.5. The smallest absolute Gasteiger partial charge is 0.408 e. The van der Waals surface area contributed by atoms with Crippen LogP contribution in [0.25, 0.3) is 0 Å². The fourth-order valence-electron chi connectivity index (χ4n) is 2.34. The van der Waals surface area contributed by atoms with Crippen LogP contribution in [0.4, 0.5) is 4.79 Å². The first kappa shape index (κ1) is 28.7. The zero-order chi connectivity index (χ0) is 23.9. The van der Waals surface area contributed by atoms with E-state index in [1.54, 1.807) is 66.0 Å². The number of benzene rings is 1. The predicted octanol–water partition coefficient (Wildman–Crippen LogP) is 4.06. The average Bonchev–Trinajstić information content (AvgIpc) is 2.65. The molecule has 0 fully saturated rings. The molecule has 0 aliphatic rings. The minimum Gasteiger partial charge on any atom is -0.508 e. The first-order valence-corrected chi connectivity index (χ1v) is 10.5. The Morgan fingerprint density at radius 3 is 2.19 bits per heavy atom. The number of ether oxygens (including phenoxy) is 4. The molecule has 0 heterocycles. The van der Waals surface area contributed by atoms with E-state index in [0.29, 0.717) is 25.4 Å². The molecular weight excluding hydrogens is 402 g/mol. The molecule has 0 bridgehead atoms. The largest absolute Gasteiger partial charge is 0.508 e. The lowest BCUT2D eigenvalue weighted by Crippen LogP contribution is -2.43. The third-order valence-electron chi connectivity index (χ3n) is 3.67. The highest BCUT2D eigenvalue weighted by molar-refractivity contribution is 5.81. The number of aromatic hydroxyl groups is 1. The summed E-state index contributed by atoms with van der Waals surface area (Å²) in [5.41, 5.74) is -0.620. The van der Waals surface area contributed by atoms with Crippen LogP contribution < -0.4 is 5.32 Å². The van der Waals surface area contributed by atoms with E-state index >= 15 is 0 Å². The van der Waals surface area contributed by atoms with Crippen molar-refractivity contribution < 1.29 is 33.6 Å². The Kier molecular flexibility index (Phi) is 14.3. The molecule has 0 aliphatic carbocycles. The third-order valence-corrected chi connectivity index (χ3v) is 3.67. The summed E-state index contributed by atoms with van der Waals surface area (Å²) in [4.78, 5) is 23.7.